The molecule has 23 heavy (non-hydrogen) atoms. The van der Waals surface area contributed by atoms with Crippen molar-refractivity contribution < 1.29 is 14.6 Å². The van der Waals surface area contributed by atoms with Gasteiger partial charge in [-0.3, -0.25) is 0 Å². The van der Waals surface area contributed by atoms with Crippen molar-refractivity contribution in [2.75, 3.05) is 7.11 Å². The van der Waals surface area contributed by atoms with Crippen LogP contribution in [0.2, 0.25) is 0 Å². The molecular weight excluding hydrogens is 288 g/mol. The number of rotatable bonds is 2. The van der Waals surface area contributed by atoms with Gasteiger partial charge in [0.1, 0.15) is 0 Å². The van der Waals surface area contributed by atoms with Crippen LogP contribution in [-0.2, 0) is 21.4 Å². The van der Waals surface area contributed by atoms with Crippen LogP contribution in [0.4, 0.5) is 0 Å². The number of carbonyl (C=O) groups excluding carboxylic acids is 1. The molecule has 1 N–H and O–H groups in total. The first-order valence-electron chi connectivity index (χ1n) is 8.48. The monoisotopic (exact) mass is 314 g/mol. The van der Waals surface area contributed by atoms with Crippen molar-refractivity contribution in [1.82, 2.24) is 0 Å². The molecule has 0 fully saturated rings. The van der Waals surface area contributed by atoms with E-state index in [1.54, 1.807) is 0 Å². The summed E-state index contributed by atoms with van der Waals surface area (Å²) < 4.78 is 4.96. The lowest BCUT2D eigenvalue weighted by Gasteiger charge is -2.47. The summed E-state index contributed by atoms with van der Waals surface area (Å²) in [5.41, 5.74) is 5.89. The molecular formula is C20H26O3. The maximum Gasteiger partial charge on any atom is 0.333 e. The Morgan fingerprint density at radius 1 is 1.39 bits per heavy atom. The Hall–Kier alpha value is -1.61. The normalized spacial score (nSPS) is 28.0. The van der Waals surface area contributed by atoms with Crippen LogP contribution < -0.4 is 0 Å². The van der Waals surface area contributed by atoms with Crippen molar-refractivity contribution in [1.29, 1.82) is 0 Å². The molecule has 0 spiro atoms. The Morgan fingerprint density at radius 3 is 2.78 bits per heavy atom. The SMILES string of the molecule is COC(=O)C1=C(C)C2CCc3cc(C(C)O)ccc3C2(C)CC1. The summed E-state index contributed by atoms with van der Waals surface area (Å²) in [5, 5.41) is 9.83. The molecule has 3 heteroatoms. The van der Waals surface area contributed by atoms with Gasteiger partial charge >= 0.3 is 5.97 Å². The molecule has 0 bridgehead atoms. The van der Waals surface area contributed by atoms with Gasteiger partial charge in [0.15, 0.2) is 0 Å². The quantitative estimate of drug-likeness (QED) is 0.844. The van der Waals surface area contributed by atoms with Crippen molar-refractivity contribution in [3.63, 3.8) is 0 Å². The predicted molar refractivity (Wildman–Crippen MR) is 90.2 cm³/mol. The number of fused-ring (bicyclic) bond motifs is 3. The van der Waals surface area contributed by atoms with Crippen LogP contribution in [0.3, 0.4) is 0 Å². The number of allylic oxidation sites excluding steroid dienone is 1. The van der Waals surface area contributed by atoms with Crippen molar-refractivity contribution in [3.05, 3.63) is 46.0 Å². The highest BCUT2D eigenvalue weighted by atomic mass is 16.5. The molecule has 0 amide bonds. The number of benzene rings is 1. The molecule has 2 aliphatic rings. The molecule has 3 atom stereocenters. The summed E-state index contributed by atoms with van der Waals surface area (Å²) in [6, 6.07) is 6.41. The van der Waals surface area contributed by atoms with Crippen LogP contribution >= 0.6 is 0 Å². The summed E-state index contributed by atoms with van der Waals surface area (Å²) in [6.07, 6.45) is 3.38. The second-order valence-electron chi connectivity index (χ2n) is 7.25. The number of hydrogen-bond donors (Lipinski definition) is 1. The molecule has 2 aliphatic carbocycles. The average Bonchev–Trinajstić information content (AvgIpc) is 2.53. The Kier molecular flexibility index (Phi) is 4.09. The highest BCUT2D eigenvalue weighted by Gasteiger charge is 2.45. The van der Waals surface area contributed by atoms with Gasteiger partial charge in [-0.05, 0) is 67.6 Å². The van der Waals surface area contributed by atoms with E-state index in [1.165, 1.54) is 23.8 Å². The van der Waals surface area contributed by atoms with Crippen LogP contribution in [0.15, 0.2) is 29.3 Å². The fourth-order valence-electron chi connectivity index (χ4n) is 4.63. The second kappa shape index (κ2) is 5.79. The van der Waals surface area contributed by atoms with Gasteiger partial charge in [-0.1, -0.05) is 30.7 Å². The van der Waals surface area contributed by atoms with Crippen LogP contribution in [0, 0.1) is 5.92 Å². The second-order valence-corrected chi connectivity index (χ2v) is 7.25. The fraction of sp³-hybridized carbons (Fsp3) is 0.550. The molecule has 1 aromatic carbocycles. The number of ether oxygens (including phenoxy) is 1. The van der Waals surface area contributed by atoms with E-state index in [0.717, 1.165) is 36.8 Å². The van der Waals surface area contributed by atoms with Crippen molar-refractivity contribution >= 4 is 5.97 Å². The van der Waals surface area contributed by atoms with Crippen molar-refractivity contribution in [2.24, 2.45) is 5.92 Å². The van der Waals surface area contributed by atoms with Crippen molar-refractivity contribution in [2.45, 2.75) is 58.0 Å². The first-order valence-corrected chi connectivity index (χ1v) is 8.48. The zero-order valence-corrected chi connectivity index (χ0v) is 14.5. The number of aliphatic hydroxyl groups excluding tert-OH is 1. The summed E-state index contributed by atoms with van der Waals surface area (Å²) in [5.74, 6) is 0.232. The third-order valence-electron chi connectivity index (χ3n) is 6.02. The van der Waals surface area contributed by atoms with Gasteiger partial charge in [0, 0.05) is 5.57 Å². The number of carbonyl (C=O) groups is 1. The summed E-state index contributed by atoms with van der Waals surface area (Å²) in [4.78, 5) is 12.0. The maximum absolute atomic E-state index is 12.0. The number of methoxy groups -OCH3 is 1. The zero-order chi connectivity index (χ0) is 16.8. The Bertz CT molecular complexity index is 671. The minimum atomic E-state index is -0.426. The molecule has 0 saturated carbocycles. The predicted octanol–water partition coefficient (Wildman–Crippen LogP) is 3.84. The van der Waals surface area contributed by atoms with Crippen LogP contribution in [0.1, 0.15) is 62.8 Å². The van der Waals surface area contributed by atoms with E-state index in [9.17, 15) is 9.90 Å². The molecule has 124 valence electrons. The summed E-state index contributed by atoms with van der Waals surface area (Å²) >= 11 is 0. The lowest BCUT2D eigenvalue weighted by molar-refractivity contribution is -0.136. The molecule has 0 saturated heterocycles. The summed E-state index contributed by atoms with van der Waals surface area (Å²) in [6.45, 7) is 6.24. The third kappa shape index (κ3) is 2.51. The molecule has 3 nitrogen and oxygen atoms in total. The standard InChI is InChI=1S/C20H26O3/c1-12-16(19(22)23-4)9-10-20(3)17(12)7-6-15-11-14(13(2)21)5-8-18(15)20/h5,8,11,13,17,21H,6-7,9-10H2,1-4H3. The molecule has 0 radical (unpaired) electrons. The van der Waals surface area contributed by atoms with Gasteiger partial charge < -0.3 is 9.84 Å². The fourth-order valence-corrected chi connectivity index (χ4v) is 4.63. The molecule has 0 aromatic heterocycles. The highest BCUT2D eigenvalue weighted by molar-refractivity contribution is 5.89. The van der Waals surface area contributed by atoms with E-state index >= 15 is 0 Å². The Morgan fingerprint density at radius 2 is 2.13 bits per heavy atom. The van der Waals surface area contributed by atoms with E-state index in [2.05, 4.69) is 26.0 Å². The van der Waals surface area contributed by atoms with E-state index < -0.39 is 6.10 Å². The summed E-state index contributed by atoms with van der Waals surface area (Å²) in [7, 11) is 1.46. The Labute approximate surface area is 138 Å². The molecule has 3 unspecified atom stereocenters. The molecule has 0 heterocycles. The van der Waals surface area contributed by atoms with Crippen LogP contribution in [-0.4, -0.2) is 18.2 Å². The Balaban J connectivity index is 2.04. The number of aliphatic hydroxyl groups is 1. The number of esters is 1. The van der Waals surface area contributed by atoms with Crippen LogP contribution in [0.5, 0.6) is 0 Å². The zero-order valence-electron chi connectivity index (χ0n) is 14.5. The minimum Gasteiger partial charge on any atom is -0.466 e. The maximum atomic E-state index is 12.0. The largest absolute Gasteiger partial charge is 0.466 e. The van der Waals surface area contributed by atoms with Gasteiger partial charge in [0.2, 0.25) is 0 Å². The van der Waals surface area contributed by atoms with Gasteiger partial charge in [0.05, 0.1) is 13.2 Å². The first-order chi connectivity index (χ1) is 10.9. The van der Waals surface area contributed by atoms with Gasteiger partial charge in [-0.15, -0.1) is 0 Å². The topological polar surface area (TPSA) is 46.5 Å². The van der Waals surface area contributed by atoms with E-state index in [0.29, 0.717) is 5.92 Å². The van der Waals surface area contributed by atoms with Crippen molar-refractivity contribution in [3.8, 4) is 0 Å². The van der Waals surface area contributed by atoms with E-state index in [-0.39, 0.29) is 11.4 Å². The highest BCUT2D eigenvalue weighted by Crippen LogP contribution is 2.52. The third-order valence-corrected chi connectivity index (χ3v) is 6.02. The molecule has 0 aliphatic heterocycles. The van der Waals surface area contributed by atoms with Gasteiger partial charge in [-0.2, -0.15) is 0 Å². The lowest BCUT2D eigenvalue weighted by atomic mass is 9.57. The number of hydrogen-bond acceptors (Lipinski definition) is 3. The van der Waals surface area contributed by atoms with Gasteiger partial charge in [0.25, 0.3) is 0 Å². The first kappa shape index (κ1) is 16.3. The van der Waals surface area contributed by atoms with E-state index in [1.807, 2.05) is 13.0 Å². The minimum absolute atomic E-state index is 0.0758. The lowest BCUT2D eigenvalue weighted by Crippen LogP contribution is -2.41. The average molecular weight is 314 g/mol. The smallest absolute Gasteiger partial charge is 0.333 e. The molecule has 1 aromatic rings. The van der Waals surface area contributed by atoms with Gasteiger partial charge in [-0.25, -0.2) is 4.79 Å². The van der Waals surface area contributed by atoms with Crippen LogP contribution in [0.25, 0.3) is 0 Å². The van der Waals surface area contributed by atoms with E-state index in [4.69, 9.17) is 4.74 Å². The molecule has 3 rings (SSSR count). The number of aryl methyl sites for hydroxylation is 1.